The van der Waals surface area contributed by atoms with E-state index >= 15 is 0 Å². The zero-order chi connectivity index (χ0) is 15.2. The predicted octanol–water partition coefficient (Wildman–Crippen LogP) is 0.655. The van der Waals surface area contributed by atoms with Crippen LogP contribution in [0, 0.1) is 0 Å². The maximum Gasteiger partial charge on any atom is 0.251 e. The van der Waals surface area contributed by atoms with Crippen molar-refractivity contribution in [1.29, 1.82) is 0 Å². The lowest BCUT2D eigenvalue weighted by molar-refractivity contribution is 0.0952. The number of nitrogens with zero attached hydrogens (tertiary/aromatic N) is 2. The van der Waals surface area contributed by atoms with Crippen LogP contribution in [-0.4, -0.2) is 50.0 Å². The third kappa shape index (κ3) is 5.26. The van der Waals surface area contributed by atoms with E-state index in [4.69, 9.17) is 0 Å². The summed E-state index contributed by atoms with van der Waals surface area (Å²) >= 11 is 0. The first-order chi connectivity index (χ1) is 9.34. The molecular formula is C13H21N3O3S. The van der Waals surface area contributed by atoms with Gasteiger partial charge in [0.25, 0.3) is 5.91 Å². The van der Waals surface area contributed by atoms with Crippen molar-refractivity contribution in [2.45, 2.75) is 19.8 Å². The lowest BCUT2D eigenvalue weighted by Crippen LogP contribution is -2.35. The number of hydrogen-bond donors (Lipinski definition) is 1. The van der Waals surface area contributed by atoms with E-state index in [1.54, 1.807) is 18.3 Å². The highest BCUT2D eigenvalue weighted by Gasteiger charge is 2.11. The third-order valence-electron chi connectivity index (χ3n) is 2.86. The SMILES string of the molecule is CCCc1cc(C(=O)NCCN(C)S(C)(=O)=O)ccn1. The second-order valence-corrected chi connectivity index (χ2v) is 6.72. The van der Waals surface area contributed by atoms with E-state index in [1.165, 1.54) is 11.4 Å². The summed E-state index contributed by atoms with van der Waals surface area (Å²) in [6, 6.07) is 3.41. The van der Waals surface area contributed by atoms with Crippen molar-refractivity contribution >= 4 is 15.9 Å². The average molecular weight is 299 g/mol. The summed E-state index contributed by atoms with van der Waals surface area (Å²) in [5, 5.41) is 2.70. The molecule has 1 aromatic heterocycles. The van der Waals surface area contributed by atoms with Crippen molar-refractivity contribution in [3.8, 4) is 0 Å². The number of hydrogen-bond acceptors (Lipinski definition) is 4. The summed E-state index contributed by atoms with van der Waals surface area (Å²) < 4.78 is 23.6. The molecule has 0 saturated heterocycles. The Bertz CT molecular complexity index is 558. The first kappa shape index (κ1) is 16.6. The Morgan fingerprint density at radius 3 is 2.75 bits per heavy atom. The highest BCUT2D eigenvalue weighted by atomic mass is 32.2. The van der Waals surface area contributed by atoms with E-state index in [9.17, 15) is 13.2 Å². The summed E-state index contributed by atoms with van der Waals surface area (Å²) in [7, 11) is -1.73. The van der Waals surface area contributed by atoms with Gasteiger partial charge in [0.2, 0.25) is 10.0 Å². The van der Waals surface area contributed by atoms with Gasteiger partial charge in [0.1, 0.15) is 0 Å². The Kier molecular flexibility index (Phi) is 6.09. The fourth-order valence-electron chi connectivity index (χ4n) is 1.61. The fraction of sp³-hybridized carbons (Fsp3) is 0.538. The lowest BCUT2D eigenvalue weighted by atomic mass is 10.1. The molecule has 1 aromatic rings. The average Bonchev–Trinajstić information content (AvgIpc) is 2.38. The van der Waals surface area contributed by atoms with Crippen molar-refractivity contribution < 1.29 is 13.2 Å². The van der Waals surface area contributed by atoms with Crippen molar-refractivity contribution in [3.63, 3.8) is 0 Å². The van der Waals surface area contributed by atoms with Crippen LogP contribution in [-0.2, 0) is 16.4 Å². The Morgan fingerprint density at radius 1 is 1.45 bits per heavy atom. The Hall–Kier alpha value is -1.47. The molecule has 0 unspecified atom stereocenters. The molecule has 0 atom stereocenters. The maximum absolute atomic E-state index is 11.9. The first-order valence-corrected chi connectivity index (χ1v) is 8.34. The van der Waals surface area contributed by atoms with Crippen LogP contribution in [0.4, 0.5) is 0 Å². The number of nitrogens with one attached hydrogen (secondary N) is 1. The molecule has 7 heteroatoms. The van der Waals surface area contributed by atoms with Crippen LogP contribution in [0.2, 0.25) is 0 Å². The molecule has 0 aromatic carbocycles. The standard InChI is InChI=1S/C13H21N3O3S/c1-4-5-12-10-11(6-7-14-12)13(17)15-8-9-16(2)20(3,18)19/h6-7,10H,4-5,8-9H2,1-3H3,(H,15,17). The minimum absolute atomic E-state index is 0.216. The van der Waals surface area contributed by atoms with E-state index in [1.807, 2.05) is 0 Å². The summed E-state index contributed by atoms with van der Waals surface area (Å²) in [6.07, 6.45) is 4.55. The molecule has 0 bridgehead atoms. The number of rotatable bonds is 7. The molecule has 112 valence electrons. The fourth-order valence-corrected chi connectivity index (χ4v) is 2.03. The minimum atomic E-state index is -3.21. The van der Waals surface area contributed by atoms with Gasteiger partial charge in [-0.1, -0.05) is 13.3 Å². The van der Waals surface area contributed by atoms with Gasteiger partial charge in [0, 0.05) is 37.6 Å². The molecular weight excluding hydrogens is 278 g/mol. The van der Waals surface area contributed by atoms with Gasteiger partial charge in [0.05, 0.1) is 6.26 Å². The van der Waals surface area contributed by atoms with Crippen LogP contribution in [0.25, 0.3) is 0 Å². The second-order valence-electron chi connectivity index (χ2n) is 4.63. The van der Waals surface area contributed by atoms with Gasteiger partial charge < -0.3 is 5.32 Å². The van der Waals surface area contributed by atoms with Crippen LogP contribution in [0.1, 0.15) is 29.4 Å². The highest BCUT2D eigenvalue weighted by Crippen LogP contribution is 2.04. The van der Waals surface area contributed by atoms with Gasteiger partial charge in [0.15, 0.2) is 0 Å². The molecule has 0 aliphatic heterocycles. The first-order valence-electron chi connectivity index (χ1n) is 6.49. The number of carbonyl (C=O) groups excluding carboxylic acids is 1. The van der Waals surface area contributed by atoms with Crippen LogP contribution >= 0.6 is 0 Å². The summed E-state index contributed by atoms with van der Waals surface area (Å²) in [4.78, 5) is 16.1. The van der Waals surface area contributed by atoms with Crippen LogP contribution in [0.3, 0.4) is 0 Å². The molecule has 1 heterocycles. The van der Waals surface area contributed by atoms with Crippen LogP contribution in [0.5, 0.6) is 0 Å². The van der Waals surface area contributed by atoms with Crippen LogP contribution in [0.15, 0.2) is 18.3 Å². The normalized spacial score (nSPS) is 11.6. The molecule has 1 rings (SSSR count). The van der Waals surface area contributed by atoms with Crippen LogP contribution < -0.4 is 5.32 Å². The van der Waals surface area contributed by atoms with Gasteiger partial charge in [-0.25, -0.2) is 12.7 Å². The van der Waals surface area contributed by atoms with Gasteiger partial charge in [-0.2, -0.15) is 0 Å². The number of pyridine rings is 1. The van der Waals surface area contributed by atoms with E-state index in [2.05, 4.69) is 17.2 Å². The highest BCUT2D eigenvalue weighted by molar-refractivity contribution is 7.88. The molecule has 0 aliphatic carbocycles. The molecule has 0 aliphatic rings. The van der Waals surface area contributed by atoms with Crippen molar-refractivity contribution in [3.05, 3.63) is 29.6 Å². The smallest absolute Gasteiger partial charge is 0.251 e. The number of carbonyl (C=O) groups is 1. The van der Waals surface area contributed by atoms with Gasteiger partial charge >= 0.3 is 0 Å². The summed E-state index contributed by atoms with van der Waals surface area (Å²) in [5.74, 6) is -0.216. The maximum atomic E-state index is 11.9. The largest absolute Gasteiger partial charge is 0.351 e. The van der Waals surface area contributed by atoms with Crippen molar-refractivity contribution in [1.82, 2.24) is 14.6 Å². The Balaban J connectivity index is 2.53. The van der Waals surface area contributed by atoms with Gasteiger partial charge in [-0.3, -0.25) is 9.78 Å². The number of likely N-dealkylation sites (N-methyl/N-ethyl adjacent to an activating group) is 1. The number of sulfonamides is 1. The summed E-state index contributed by atoms with van der Waals surface area (Å²) in [6.45, 7) is 2.57. The second kappa shape index (κ2) is 7.35. The predicted molar refractivity (Wildman–Crippen MR) is 78.0 cm³/mol. The lowest BCUT2D eigenvalue weighted by Gasteiger charge is -2.14. The quantitative estimate of drug-likeness (QED) is 0.802. The molecule has 0 spiro atoms. The Morgan fingerprint density at radius 2 is 2.15 bits per heavy atom. The number of amides is 1. The third-order valence-corrected chi connectivity index (χ3v) is 4.18. The van der Waals surface area contributed by atoms with E-state index in [0.717, 1.165) is 24.8 Å². The molecule has 1 amide bonds. The topological polar surface area (TPSA) is 79.4 Å². The monoisotopic (exact) mass is 299 g/mol. The minimum Gasteiger partial charge on any atom is -0.351 e. The molecule has 0 radical (unpaired) electrons. The van der Waals surface area contributed by atoms with E-state index < -0.39 is 10.0 Å². The molecule has 6 nitrogen and oxygen atoms in total. The number of aryl methyl sites for hydroxylation is 1. The van der Waals surface area contributed by atoms with Gasteiger partial charge in [-0.15, -0.1) is 0 Å². The molecule has 0 fully saturated rings. The molecule has 1 N–H and O–H groups in total. The van der Waals surface area contributed by atoms with Gasteiger partial charge in [-0.05, 0) is 18.6 Å². The zero-order valence-corrected chi connectivity index (χ0v) is 12.9. The molecule has 0 saturated carbocycles. The van der Waals surface area contributed by atoms with E-state index in [-0.39, 0.29) is 19.0 Å². The molecule has 20 heavy (non-hydrogen) atoms. The van der Waals surface area contributed by atoms with E-state index in [0.29, 0.717) is 5.56 Å². The number of aromatic nitrogens is 1. The van der Waals surface area contributed by atoms with Crippen molar-refractivity contribution in [2.24, 2.45) is 0 Å². The van der Waals surface area contributed by atoms with Crippen molar-refractivity contribution in [2.75, 3.05) is 26.4 Å². The zero-order valence-electron chi connectivity index (χ0n) is 12.1. The summed E-state index contributed by atoms with van der Waals surface area (Å²) in [5.41, 5.74) is 1.43. The Labute approximate surface area is 120 Å².